The highest BCUT2D eigenvalue weighted by Crippen LogP contribution is 2.35. The summed E-state index contributed by atoms with van der Waals surface area (Å²) in [6.45, 7) is 1.71. The van der Waals surface area contributed by atoms with Crippen LogP contribution < -0.4 is 9.75 Å². The summed E-state index contributed by atoms with van der Waals surface area (Å²) in [5.41, 5.74) is 1.58. The molecule has 4 rings (SSSR count). The number of benzene rings is 2. The van der Waals surface area contributed by atoms with E-state index in [2.05, 4.69) is 5.10 Å². The Bertz CT molecular complexity index is 1260. The summed E-state index contributed by atoms with van der Waals surface area (Å²) in [7, 11) is 1.44. The van der Waals surface area contributed by atoms with E-state index in [1.807, 2.05) is 0 Å². The van der Waals surface area contributed by atoms with Crippen LogP contribution in [0.15, 0.2) is 69.7 Å². The van der Waals surface area contributed by atoms with E-state index in [0.29, 0.717) is 44.8 Å². The quantitative estimate of drug-likeness (QED) is 0.305. The minimum Gasteiger partial charge on any atom is -0.497 e. The van der Waals surface area contributed by atoms with Crippen LogP contribution in [0, 0.1) is 10.1 Å². The number of ether oxygens (including phenoxy) is 1. The predicted octanol–water partition coefficient (Wildman–Crippen LogP) is 5.32. The van der Waals surface area contributed by atoms with Crippen molar-refractivity contribution in [3.63, 3.8) is 0 Å². The maximum Gasteiger partial charge on any atom is 0.284 e. The molecule has 31 heavy (non-hydrogen) atoms. The summed E-state index contributed by atoms with van der Waals surface area (Å²) in [6, 6.07) is 14.6. The van der Waals surface area contributed by atoms with Crippen LogP contribution in [0.25, 0.3) is 17.4 Å². The number of nitrogens with zero attached hydrogens (tertiary/aromatic N) is 3. The summed E-state index contributed by atoms with van der Waals surface area (Å²) < 4.78 is 10.8. The Morgan fingerprint density at radius 1 is 1.19 bits per heavy atom. The van der Waals surface area contributed by atoms with Gasteiger partial charge in [0.2, 0.25) is 0 Å². The first kappa shape index (κ1) is 20.4. The Morgan fingerprint density at radius 2 is 2.00 bits per heavy atom. The van der Waals surface area contributed by atoms with E-state index in [9.17, 15) is 14.9 Å². The zero-order chi connectivity index (χ0) is 22.1. The molecule has 8 nitrogen and oxygen atoms in total. The Balaban J connectivity index is 1.66. The molecule has 0 N–H and O–H groups in total. The third-order valence-electron chi connectivity index (χ3n) is 4.70. The van der Waals surface area contributed by atoms with Crippen molar-refractivity contribution in [3.8, 4) is 17.1 Å². The van der Waals surface area contributed by atoms with Crippen LogP contribution in [-0.4, -0.2) is 23.7 Å². The van der Waals surface area contributed by atoms with Crippen LogP contribution in [0.4, 0.5) is 11.4 Å². The first-order chi connectivity index (χ1) is 14.9. The second-order valence-electron chi connectivity index (χ2n) is 6.68. The Labute approximate surface area is 182 Å². The van der Waals surface area contributed by atoms with Crippen molar-refractivity contribution in [3.05, 3.63) is 81.1 Å². The summed E-state index contributed by atoms with van der Waals surface area (Å²) in [4.78, 5) is 23.8. The van der Waals surface area contributed by atoms with Gasteiger partial charge in [0.15, 0.2) is 0 Å². The number of hydrogen-bond donors (Lipinski definition) is 0. The first-order valence-electron chi connectivity index (χ1n) is 9.17. The van der Waals surface area contributed by atoms with Gasteiger partial charge in [0.1, 0.15) is 17.3 Å². The number of halogens is 1. The number of hydrazone groups is 1. The van der Waals surface area contributed by atoms with Gasteiger partial charge in [0.05, 0.1) is 40.6 Å². The van der Waals surface area contributed by atoms with Gasteiger partial charge in [-0.3, -0.25) is 14.9 Å². The number of amides is 1. The third kappa shape index (κ3) is 3.93. The number of carbonyl (C=O) groups is 1. The van der Waals surface area contributed by atoms with Crippen LogP contribution in [0.1, 0.15) is 12.7 Å². The number of furan rings is 1. The van der Waals surface area contributed by atoms with Gasteiger partial charge in [0.25, 0.3) is 11.6 Å². The Morgan fingerprint density at radius 3 is 2.71 bits per heavy atom. The summed E-state index contributed by atoms with van der Waals surface area (Å²) in [5, 5.41) is 17.5. The second-order valence-corrected chi connectivity index (χ2v) is 7.12. The monoisotopic (exact) mass is 437 g/mol. The molecular formula is C22H16ClN3O5. The van der Waals surface area contributed by atoms with Crippen molar-refractivity contribution < 1.29 is 18.9 Å². The van der Waals surface area contributed by atoms with Crippen molar-refractivity contribution in [1.29, 1.82) is 0 Å². The van der Waals surface area contributed by atoms with Gasteiger partial charge < -0.3 is 9.15 Å². The molecule has 0 saturated carbocycles. The highest BCUT2D eigenvalue weighted by Gasteiger charge is 2.29. The van der Waals surface area contributed by atoms with Crippen molar-refractivity contribution in [2.75, 3.05) is 12.1 Å². The fraction of sp³-hybridized carbons (Fsp3) is 0.0909. The van der Waals surface area contributed by atoms with Crippen LogP contribution in [0.5, 0.6) is 5.75 Å². The zero-order valence-corrected chi connectivity index (χ0v) is 17.3. The van der Waals surface area contributed by atoms with Crippen molar-refractivity contribution in [1.82, 2.24) is 0 Å². The molecule has 0 atom stereocenters. The number of methoxy groups -OCH3 is 1. The smallest absolute Gasteiger partial charge is 0.284 e. The minimum atomic E-state index is -0.501. The van der Waals surface area contributed by atoms with Crippen molar-refractivity contribution >= 4 is 40.7 Å². The number of hydrogen-bond acceptors (Lipinski definition) is 6. The number of carbonyl (C=O) groups excluding carboxylic acids is 1. The van der Waals surface area contributed by atoms with Gasteiger partial charge in [-0.15, -0.1) is 0 Å². The standard InChI is InChI=1S/C22H16ClN3O5/c1-13-19(22(27)25(24-13)15-5-3-4-14(23)10-15)11-17-7-9-21(31-17)18-8-6-16(30-2)12-20(18)26(28)29/h3-12H,1-2H3/b19-11+. The van der Waals surface area contributed by atoms with Gasteiger partial charge in [-0.05, 0) is 55.5 Å². The highest BCUT2D eigenvalue weighted by molar-refractivity contribution is 6.33. The molecule has 9 heteroatoms. The SMILES string of the molecule is COc1ccc(-c2ccc(/C=C3/C(=O)N(c4cccc(Cl)c4)N=C3C)o2)c([N+](=O)[O-])c1. The van der Waals surface area contributed by atoms with Crippen LogP contribution in [0.2, 0.25) is 5.02 Å². The fourth-order valence-electron chi connectivity index (χ4n) is 3.18. The molecule has 0 unspecified atom stereocenters. The molecule has 0 aliphatic carbocycles. The molecule has 2 aromatic carbocycles. The predicted molar refractivity (Wildman–Crippen MR) is 117 cm³/mol. The molecule has 0 spiro atoms. The lowest BCUT2D eigenvalue weighted by molar-refractivity contribution is -0.384. The maximum atomic E-state index is 12.9. The molecule has 1 aromatic heterocycles. The van der Waals surface area contributed by atoms with Crippen LogP contribution in [-0.2, 0) is 4.79 Å². The number of nitro groups is 1. The Hall–Kier alpha value is -3.91. The second kappa shape index (κ2) is 8.08. The van der Waals surface area contributed by atoms with Gasteiger partial charge in [0, 0.05) is 5.02 Å². The first-order valence-corrected chi connectivity index (χ1v) is 9.55. The van der Waals surface area contributed by atoms with Crippen molar-refractivity contribution in [2.45, 2.75) is 6.92 Å². The molecule has 0 fully saturated rings. The molecular weight excluding hydrogens is 422 g/mol. The molecule has 1 amide bonds. The van der Waals surface area contributed by atoms with E-state index < -0.39 is 4.92 Å². The van der Waals surface area contributed by atoms with Crippen LogP contribution >= 0.6 is 11.6 Å². The maximum absolute atomic E-state index is 12.9. The fourth-order valence-corrected chi connectivity index (χ4v) is 3.37. The lowest BCUT2D eigenvalue weighted by atomic mass is 10.1. The zero-order valence-electron chi connectivity index (χ0n) is 16.5. The van der Waals surface area contributed by atoms with Gasteiger partial charge in [-0.2, -0.15) is 10.1 Å². The van der Waals surface area contributed by atoms with E-state index in [1.165, 1.54) is 18.2 Å². The molecule has 0 saturated heterocycles. The topological polar surface area (TPSA) is 98.2 Å². The molecule has 0 bridgehead atoms. The third-order valence-corrected chi connectivity index (χ3v) is 4.93. The average molecular weight is 438 g/mol. The minimum absolute atomic E-state index is 0.144. The Kier molecular flexibility index (Phi) is 5.31. The summed E-state index contributed by atoms with van der Waals surface area (Å²) in [5.74, 6) is 0.709. The van der Waals surface area contributed by atoms with E-state index in [-0.39, 0.29) is 11.6 Å². The van der Waals surface area contributed by atoms with Gasteiger partial charge in [-0.1, -0.05) is 17.7 Å². The van der Waals surface area contributed by atoms with E-state index in [0.717, 1.165) is 0 Å². The van der Waals surface area contributed by atoms with Crippen molar-refractivity contribution in [2.24, 2.45) is 5.10 Å². The molecule has 1 aliphatic rings. The summed E-state index contributed by atoms with van der Waals surface area (Å²) in [6.07, 6.45) is 1.56. The molecule has 156 valence electrons. The average Bonchev–Trinajstić information content (AvgIpc) is 3.33. The molecule has 3 aromatic rings. The molecule has 0 radical (unpaired) electrons. The highest BCUT2D eigenvalue weighted by atomic mass is 35.5. The number of rotatable bonds is 5. The number of nitro benzene ring substituents is 1. The summed E-state index contributed by atoms with van der Waals surface area (Å²) >= 11 is 6.02. The van der Waals surface area contributed by atoms with E-state index in [4.69, 9.17) is 20.8 Å². The van der Waals surface area contributed by atoms with E-state index >= 15 is 0 Å². The lowest BCUT2D eigenvalue weighted by Gasteiger charge is -2.11. The van der Waals surface area contributed by atoms with E-state index in [1.54, 1.807) is 61.5 Å². The van der Waals surface area contributed by atoms with Gasteiger partial charge >= 0.3 is 0 Å². The number of anilines is 1. The van der Waals surface area contributed by atoms with Crippen LogP contribution in [0.3, 0.4) is 0 Å². The van der Waals surface area contributed by atoms with Gasteiger partial charge in [-0.25, -0.2) is 0 Å². The largest absolute Gasteiger partial charge is 0.497 e. The normalized spacial score (nSPS) is 14.8. The lowest BCUT2D eigenvalue weighted by Crippen LogP contribution is -2.21. The molecule has 1 aliphatic heterocycles. The molecule has 2 heterocycles.